The Labute approximate surface area is 129 Å². The Morgan fingerprint density at radius 1 is 1.32 bits per heavy atom. The third-order valence-corrected chi connectivity index (χ3v) is 3.53. The summed E-state index contributed by atoms with van der Waals surface area (Å²) in [7, 11) is 0. The minimum atomic E-state index is -1.20. The predicted molar refractivity (Wildman–Crippen MR) is 82.6 cm³/mol. The molecule has 2 rings (SSSR count). The van der Waals surface area contributed by atoms with Gasteiger partial charge in [0, 0.05) is 5.56 Å². The van der Waals surface area contributed by atoms with E-state index in [9.17, 15) is 15.0 Å². The highest BCUT2D eigenvalue weighted by Crippen LogP contribution is 2.26. The molecule has 1 aromatic carbocycles. The lowest BCUT2D eigenvalue weighted by atomic mass is 9.96. The average Bonchev–Trinajstić information content (AvgIpc) is 2.76. The smallest absolute Gasteiger partial charge is 0.224 e. The first-order valence-electron chi connectivity index (χ1n) is 7.12. The van der Waals surface area contributed by atoms with Gasteiger partial charge in [-0.2, -0.15) is 0 Å². The molecular weight excluding hydrogens is 282 g/mol. The van der Waals surface area contributed by atoms with Crippen LogP contribution in [0.4, 0.5) is 0 Å². The monoisotopic (exact) mass is 303 g/mol. The van der Waals surface area contributed by atoms with E-state index in [1.807, 2.05) is 6.92 Å². The molecule has 0 spiro atoms. The van der Waals surface area contributed by atoms with Gasteiger partial charge in [0.15, 0.2) is 0 Å². The number of amides is 1. The number of hydrogen-bond donors (Lipinski definition) is 3. The van der Waals surface area contributed by atoms with E-state index in [2.05, 4.69) is 5.32 Å². The van der Waals surface area contributed by atoms with Crippen molar-refractivity contribution in [1.82, 2.24) is 5.32 Å². The van der Waals surface area contributed by atoms with Crippen molar-refractivity contribution in [1.29, 1.82) is 0 Å². The lowest BCUT2D eigenvalue weighted by Gasteiger charge is -2.23. The first-order chi connectivity index (χ1) is 10.3. The maximum atomic E-state index is 12.0. The highest BCUT2D eigenvalue weighted by atomic mass is 16.3. The zero-order chi connectivity index (χ0) is 16.3. The molecule has 1 atom stereocenters. The van der Waals surface area contributed by atoms with Crippen LogP contribution >= 0.6 is 0 Å². The normalized spacial score (nSPS) is 13.6. The standard InChI is InChI=1S/C17H21NO4/c1-11-7-15(12(2)22-11)17(3,21)10-18-16(20)9-13-5-4-6-14(19)8-13/h4-8,19,21H,9-10H2,1-3H3,(H,18,20). The van der Waals surface area contributed by atoms with E-state index < -0.39 is 5.60 Å². The summed E-state index contributed by atoms with van der Waals surface area (Å²) in [5.74, 6) is 1.27. The summed E-state index contributed by atoms with van der Waals surface area (Å²) in [6, 6.07) is 8.32. The van der Waals surface area contributed by atoms with Crippen molar-refractivity contribution < 1.29 is 19.4 Å². The van der Waals surface area contributed by atoms with Crippen molar-refractivity contribution in [3.63, 3.8) is 0 Å². The van der Waals surface area contributed by atoms with Crippen LogP contribution in [-0.2, 0) is 16.8 Å². The number of phenolic OH excluding ortho intramolecular Hbond substituents is 1. The molecule has 0 radical (unpaired) electrons. The number of nitrogens with one attached hydrogen (secondary N) is 1. The summed E-state index contributed by atoms with van der Waals surface area (Å²) >= 11 is 0. The van der Waals surface area contributed by atoms with Gasteiger partial charge in [-0.25, -0.2) is 0 Å². The lowest BCUT2D eigenvalue weighted by molar-refractivity contribution is -0.121. The van der Waals surface area contributed by atoms with Crippen LogP contribution in [0.2, 0.25) is 0 Å². The van der Waals surface area contributed by atoms with Crippen molar-refractivity contribution in [2.24, 2.45) is 0 Å². The van der Waals surface area contributed by atoms with E-state index in [1.54, 1.807) is 44.2 Å². The van der Waals surface area contributed by atoms with Crippen molar-refractivity contribution >= 4 is 5.91 Å². The maximum absolute atomic E-state index is 12.0. The van der Waals surface area contributed by atoms with Gasteiger partial charge in [0.05, 0.1) is 13.0 Å². The molecule has 1 heterocycles. The first-order valence-corrected chi connectivity index (χ1v) is 7.12. The summed E-state index contributed by atoms with van der Waals surface area (Å²) in [6.45, 7) is 5.32. The molecule has 0 aliphatic rings. The molecule has 0 aliphatic carbocycles. The van der Waals surface area contributed by atoms with E-state index in [4.69, 9.17) is 4.42 Å². The van der Waals surface area contributed by atoms with Gasteiger partial charge in [0.2, 0.25) is 5.91 Å². The summed E-state index contributed by atoms with van der Waals surface area (Å²) in [4.78, 5) is 12.0. The molecule has 1 amide bonds. The van der Waals surface area contributed by atoms with Crippen LogP contribution in [0.1, 0.15) is 29.6 Å². The molecule has 0 saturated carbocycles. The predicted octanol–water partition coefficient (Wildman–Crippen LogP) is 2.17. The lowest BCUT2D eigenvalue weighted by Crippen LogP contribution is -2.39. The largest absolute Gasteiger partial charge is 0.508 e. The van der Waals surface area contributed by atoms with Gasteiger partial charge >= 0.3 is 0 Å². The fourth-order valence-electron chi connectivity index (χ4n) is 2.45. The molecule has 118 valence electrons. The molecule has 0 aliphatic heterocycles. The average molecular weight is 303 g/mol. The molecule has 1 unspecified atom stereocenters. The number of aliphatic hydroxyl groups is 1. The molecule has 1 aromatic heterocycles. The number of carbonyl (C=O) groups excluding carboxylic acids is 1. The van der Waals surface area contributed by atoms with Crippen LogP contribution in [0.5, 0.6) is 5.75 Å². The zero-order valence-corrected chi connectivity index (χ0v) is 13.0. The Morgan fingerprint density at radius 2 is 2.05 bits per heavy atom. The maximum Gasteiger partial charge on any atom is 0.224 e. The van der Waals surface area contributed by atoms with Crippen LogP contribution in [-0.4, -0.2) is 22.7 Å². The second-order valence-electron chi connectivity index (χ2n) is 5.72. The number of benzene rings is 1. The number of aromatic hydroxyl groups is 1. The molecule has 5 heteroatoms. The summed E-state index contributed by atoms with van der Waals surface area (Å²) < 4.78 is 5.42. The van der Waals surface area contributed by atoms with Gasteiger partial charge in [-0.1, -0.05) is 12.1 Å². The molecule has 5 nitrogen and oxygen atoms in total. The highest BCUT2D eigenvalue weighted by molar-refractivity contribution is 5.78. The third-order valence-electron chi connectivity index (χ3n) is 3.53. The molecule has 2 aromatic rings. The van der Waals surface area contributed by atoms with Crippen molar-refractivity contribution in [3.05, 3.63) is 53.0 Å². The summed E-state index contributed by atoms with van der Waals surface area (Å²) in [6.07, 6.45) is 0.147. The topological polar surface area (TPSA) is 82.7 Å². The van der Waals surface area contributed by atoms with E-state index in [1.165, 1.54) is 0 Å². The molecule has 0 bridgehead atoms. The zero-order valence-electron chi connectivity index (χ0n) is 13.0. The molecule has 3 N–H and O–H groups in total. The van der Waals surface area contributed by atoms with Gasteiger partial charge in [-0.15, -0.1) is 0 Å². The number of furan rings is 1. The number of hydrogen-bond acceptors (Lipinski definition) is 4. The minimum absolute atomic E-state index is 0.0878. The van der Waals surface area contributed by atoms with Gasteiger partial charge in [0.25, 0.3) is 0 Å². The van der Waals surface area contributed by atoms with Crippen LogP contribution in [0.3, 0.4) is 0 Å². The number of aryl methyl sites for hydroxylation is 2. The van der Waals surface area contributed by atoms with Crippen LogP contribution in [0.25, 0.3) is 0 Å². The second kappa shape index (κ2) is 6.23. The Kier molecular flexibility index (Phi) is 4.56. The van der Waals surface area contributed by atoms with Crippen LogP contribution in [0, 0.1) is 13.8 Å². The highest BCUT2D eigenvalue weighted by Gasteiger charge is 2.28. The van der Waals surface area contributed by atoms with Crippen molar-refractivity contribution in [2.45, 2.75) is 32.8 Å². The number of phenols is 1. The Morgan fingerprint density at radius 3 is 2.64 bits per heavy atom. The van der Waals surface area contributed by atoms with Crippen LogP contribution in [0.15, 0.2) is 34.7 Å². The Bertz CT molecular complexity index is 673. The second-order valence-corrected chi connectivity index (χ2v) is 5.72. The third kappa shape index (κ3) is 3.89. The van der Waals surface area contributed by atoms with Gasteiger partial charge < -0.3 is 19.9 Å². The van der Waals surface area contributed by atoms with E-state index in [-0.39, 0.29) is 24.6 Å². The molecular formula is C17H21NO4. The van der Waals surface area contributed by atoms with Gasteiger partial charge in [-0.3, -0.25) is 4.79 Å². The van der Waals surface area contributed by atoms with Crippen LogP contribution < -0.4 is 5.32 Å². The van der Waals surface area contributed by atoms with E-state index in [0.717, 1.165) is 5.76 Å². The number of rotatable bonds is 5. The van der Waals surface area contributed by atoms with Crippen molar-refractivity contribution in [3.8, 4) is 5.75 Å². The molecule has 0 fully saturated rings. The SMILES string of the molecule is Cc1cc(C(C)(O)CNC(=O)Cc2cccc(O)c2)c(C)o1. The summed E-state index contributed by atoms with van der Waals surface area (Å²) in [5.41, 5.74) is 0.186. The van der Waals surface area contributed by atoms with Gasteiger partial charge in [-0.05, 0) is 44.5 Å². The minimum Gasteiger partial charge on any atom is -0.508 e. The first kappa shape index (κ1) is 16.1. The van der Waals surface area contributed by atoms with E-state index in [0.29, 0.717) is 16.9 Å². The summed E-state index contributed by atoms with van der Waals surface area (Å²) in [5, 5.41) is 22.6. The fourth-order valence-corrected chi connectivity index (χ4v) is 2.45. The Hall–Kier alpha value is -2.27. The molecule has 22 heavy (non-hydrogen) atoms. The Balaban J connectivity index is 1.96. The number of carbonyl (C=O) groups is 1. The van der Waals surface area contributed by atoms with Gasteiger partial charge in [0.1, 0.15) is 22.9 Å². The quantitative estimate of drug-likeness (QED) is 0.790. The van der Waals surface area contributed by atoms with Crippen molar-refractivity contribution in [2.75, 3.05) is 6.54 Å². The molecule has 0 saturated heterocycles. The van der Waals surface area contributed by atoms with E-state index >= 15 is 0 Å². The fraction of sp³-hybridized carbons (Fsp3) is 0.353.